The summed E-state index contributed by atoms with van der Waals surface area (Å²) in [5, 5.41) is 19.0. The number of hydrogen-bond acceptors (Lipinski definition) is 6. The molecule has 0 fully saturated rings. The quantitative estimate of drug-likeness (QED) is 0.422. The van der Waals surface area contributed by atoms with Crippen LogP contribution in [0.1, 0.15) is 27.6 Å². The Balaban J connectivity index is 2.20. The molecule has 12 heteroatoms. The molecule has 8 nitrogen and oxygen atoms in total. The lowest BCUT2D eigenvalue weighted by Gasteiger charge is -2.46. The molecule has 1 aromatic rings. The summed E-state index contributed by atoms with van der Waals surface area (Å²) in [5.41, 5.74) is -8.09. The van der Waals surface area contributed by atoms with Crippen molar-refractivity contribution in [2.75, 3.05) is 0 Å². The lowest BCUT2D eigenvalue weighted by atomic mass is 9.77. The Bertz CT molecular complexity index is 1020. The van der Waals surface area contributed by atoms with Crippen LogP contribution in [0.4, 0.5) is 18.9 Å². The predicted molar refractivity (Wildman–Crippen MR) is 98.8 cm³/mol. The van der Waals surface area contributed by atoms with E-state index in [-0.39, 0.29) is 11.1 Å². The highest BCUT2D eigenvalue weighted by Crippen LogP contribution is 2.48. The Labute approximate surface area is 171 Å². The minimum atomic E-state index is -4.79. The van der Waals surface area contributed by atoms with Crippen molar-refractivity contribution in [2.24, 2.45) is 5.92 Å². The third-order valence-electron chi connectivity index (χ3n) is 5.01. The van der Waals surface area contributed by atoms with E-state index in [9.17, 15) is 42.8 Å². The molecule has 0 spiro atoms. The summed E-state index contributed by atoms with van der Waals surface area (Å²) in [5.74, 6) is -5.26. The van der Waals surface area contributed by atoms with Crippen LogP contribution in [0.5, 0.6) is 0 Å². The van der Waals surface area contributed by atoms with Crippen molar-refractivity contribution in [1.82, 2.24) is 4.90 Å². The number of carboxylic acids is 1. The van der Waals surface area contributed by atoms with Crippen LogP contribution in [0.15, 0.2) is 42.5 Å². The van der Waals surface area contributed by atoms with Crippen LogP contribution in [0.3, 0.4) is 0 Å². The van der Waals surface area contributed by atoms with Gasteiger partial charge in [-0.1, -0.05) is 24.3 Å². The largest absolute Gasteiger partial charge is 0.481 e. The monoisotopic (exact) mass is 442 g/mol. The highest BCUT2D eigenvalue weighted by atomic mass is 32.2. The first-order valence-corrected chi connectivity index (χ1v) is 9.29. The molecule has 2 amide bonds. The number of alkyl halides is 3. The van der Waals surface area contributed by atoms with Crippen LogP contribution in [0.2, 0.25) is 0 Å². The fraction of sp³-hybridized carbons (Fsp3) is 0.278. The van der Waals surface area contributed by atoms with Crippen molar-refractivity contribution < 1.29 is 37.6 Å². The maximum Gasteiger partial charge on any atom is 0.442 e. The van der Waals surface area contributed by atoms with Gasteiger partial charge in [0.15, 0.2) is 0 Å². The average Bonchev–Trinajstić information content (AvgIpc) is 2.91. The van der Waals surface area contributed by atoms with Gasteiger partial charge < -0.3 is 5.11 Å². The number of fused-ring (bicyclic) bond motifs is 1. The summed E-state index contributed by atoms with van der Waals surface area (Å²) in [6.45, 7) is 1.10. The van der Waals surface area contributed by atoms with Crippen molar-refractivity contribution >= 4 is 35.2 Å². The molecule has 0 bridgehead atoms. The molecule has 1 heterocycles. The standard InChI is InChI=1S/C18H13F3N2O6S/c1-9(16(26)27)17(7-3-2-4-13(17)30-18(19,20)21)22-14(24)11-6-5-10(23(28)29)8-12(11)15(22)25/h2-9,13H,1H3,(H,26,27). The lowest BCUT2D eigenvalue weighted by molar-refractivity contribution is -0.384. The Morgan fingerprint density at radius 2 is 1.90 bits per heavy atom. The molecule has 3 rings (SSSR count). The van der Waals surface area contributed by atoms with Gasteiger partial charge in [0.1, 0.15) is 0 Å². The number of aliphatic carboxylic acids is 1. The highest BCUT2D eigenvalue weighted by Gasteiger charge is 2.58. The van der Waals surface area contributed by atoms with E-state index in [1.165, 1.54) is 12.2 Å². The second kappa shape index (κ2) is 7.27. The number of carbonyl (C=O) groups is 3. The molecule has 3 atom stereocenters. The van der Waals surface area contributed by atoms with E-state index in [4.69, 9.17) is 0 Å². The molecule has 1 aliphatic heterocycles. The van der Waals surface area contributed by atoms with Crippen LogP contribution in [-0.4, -0.2) is 49.0 Å². The molecule has 0 saturated carbocycles. The maximum atomic E-state index is 13.2. The van der Waals surface area contributed by atoms with E-state index >= 15 is 0 Å². The van der Waals surface area contributed by atoms with Crippen molar-refractivity contribution in [1.29, 1.82) is 0 Å². The topological polar surface area (TPSA) is 118 Å². The number of hydrogen-bond donors (Lipinski definition) is 1. The van der Waals surface area contributed by atoms with Gasteiger partial charge in [0, 0.05) is 12.1 Å². The molecule has 0 aromatic heterocycles. The minimum Gasteiger partial charge on any atom is -0.481 e. The van der Waals surface area contributed by atoms with Crippen LogP contribution < -0.4 is 0 Å². The van der Waals surface area contributed by atoms with Crippen LogP contribution in [0, 0.1) is 16.0 Å². The van der Waals surface area contributed by atoms with E-state index in [1.807, 2.05) is 0 Å². The molecule has 2 aliphatic rings. The second-order valence-electron chi connectivity index (χ2n) is 6.61. The van der Waals surface area contributed by atoms with Crippen molar-refractivity contribution in [2.45, 2.75) is 23.2 Å². The van der Waals surface area contributed by atoms with Gasteiger partial charge in [0.05, 0.1) is 32.8 Å². The van der Waals surface area contributed by atoms with Crippen molar-refractivity contribution in [3.8, 4) is 0 Å². The summed E-state index contributed by atoms with van der Waals surface area (Å²) in [6, 6.07) is 2.86. The number of thioether (sulfide) groups is 1. The number of nitro groups is 1. The van der Waals surface area contributed by atoms with Gasteiger partial charge in [-0.05, 0) is 24.8 Å². The number of nitrogens with zero attached hydrogens (tertiary/aromatic N) is 2. The van der Waals surface area contributed by atoms with Crippen LogP contribution >= 0.6 is 11.8 Å². The van der Waals surface area contributed by atoms with Crippen LogP contribution in [0.25, 0.3) is 0 Å². The summed E-state index contributed by atoms with van der Waals surface area (Å²) >= 11 is -0.548. The Morgan fingerprint density at radius 3 is 2.47 bits per heavy atom. The molecule has 0 saturated heterocycles. The van der Waals surface area contributed by atoms with E-state index in [2.05, 4.69) is 0 Å². The van der Waals surface area contributed by atoms with Gasteiger partial charge in [-0.2, -0.15) is 13.2 Å². The molecular formula is C18H13F3N2O6S. The number of carbonyl (C=O) groups excluding carboxylic acids is 2. The third kappa shape index (κ3) is 3.36. The fourth-order valence-corrected chi connectivity index (χ4v) is 4.61. The Hall–Kier alpha value is -3.15. The third-order valence-corrected chi connectivity index (χ3v) is 6.06. The Morgan fingerprint density at radius 1 is 1.27 bits per heavy atom. The molecule has 1 aromatic carbocycles. The SMILES string of the molecule is CC(C(=O)O)C1(N2C(=O)c3ccc([N+](=O)[O-])cc3C2=O)C=CC=CC1SC(F)(F)F. The number of rotatable bonds is 5. The van der Waals surface area contributed by atoms with E-state index in [1.54, 1.807) is 0 Å². The fourth-order valence-electron chi connectivity index (χ4n) is 3.58. The zero-order chi connectivity index (χ0) is 22.4. The first kappa shape index (κ1) is 21.6. The highest BCUT2D eigenvalue weighted by molar-refractivity contribution is 8.01. The number of halogens is 3. The average molecular weight is 442 g/mol. The smallest absolute Gasteiger partial charge is 0.442 e. The van der Waals surface area contributed by atoms with Gasteiger partial charge in [0.2, 0.25) is 0 Å². The van der Waals surface area contributed by atoms with Crippen molar-refractivity contribution in [3.63, 3.8) is 0 Å². The number of nitro benzene ring substituents is 1. The van der Waals surface area contributed by atoms with Gasteiger partial charge in [-0.3, -0.25) is 29.4 Å². The normalized spacial score (nSPS) is 24.1. The number of imide groups is 1. The van der Waals surface area contributed by atoms with E-state index in [0.717, 1.165) is 37.3 Å². The number of allylic oxidation sites excluding steroid dienone is 2. The van der Waals surface area contributed by atoms with Gasteiger partial charge in [-0.25, -0.2) is 0 Å². The van der Waals surface area contributed by atoms with Crippen molar-refractivity contribution in [3.05, 3.63) is 63.7 Å². The first-order chi connectivity index (χ1) is 13.9. The second-order valence-corrected chi connectivity index (χ2v) is 7.81. The van der Waals surface area contributed by atoms with Gasteiger partial charge >= 0.3 is 11.5 Å². The zero-order valence-electron chi connectivity index (χ0n) is 15.1. The lowest BCUT2D eigenvalue weighted by Crippen LogP contribution is -2.62. The maximum absolute atomic E-state index is 13.2. The summed E-state index contributed by atoms with van der Waals surface area (Å²) < 4.78 is 39.7. The van der Waals surface area contributed by atoms with E-state index in [0.29, 0.717) is 4.90 Å². The van der Waals surface area contributed by atoms with Gasteiger partial charge in [-0.15, -0.1) is 0 Å². The molecule has 0 radical (unpaired) electrons. The summed E-state index contributed by atoms with van der Waals surface area (Å²) in [7, 11) is 0. The minimum absolute atomic E-state index is 0.249. The molecule has 30 heavy (non-hydrogen) atoms. The van der Waals surface area contributed by atoms with Gasteiger partial charge in [0.25, 0.3) is 17.5 Å². The molecule has 1 N–H and O–H groups in total. The molecule has 1 aliphatic carbocycles. The Kier molecular flexibility index (Phi) is 5.23. The summed E-state index contributed by atoms with van der Waals surface area (Å²) in [6.07, 6.45) is 4.69. The first-order valence-electron chi connectivity index (χ1n) is 8.41. The number of carboxylic acid groups (broad SMARTS) is 1. The molecule has 158 valence electrons. The molecule has 3 unspecified atom stereocenters. The number of non-ortho nitro benzene ring substituents is 1. The number of benzene rings is 1. The van der Waals surface area contributed by atoms with E-state index < -0.39 is 62.4 Å². The summed E-state index contributed by atoms with van der Waals surface area (Å²) in [4.78, 5) is 48.6. The zero-order valence-corrected chi connectivity index (χ0v) is 15.9. The van der Waals surface area contributed by atoms with Crippen LogP contribution in [-0.2, 0) is 4.79 Å². The molecular weight excluding hydrogens is 429 g/mol. The number of amides is 2. The predicted octanol–water partition coefficient (Wildman–Crippen LogP) is 3.40.